The van der Waals surface area contributed by atoms with Gasteiger partial charge in [0.1, 0.15) is 5.76 Å². The Morgan fingerprint density at radius 2 is 2.08 bits per heavy atom. The van der Waals surface area contributed by atoms with Crippen molar-refractivity contribution in [2.24, 2.45) is 0 Å². The fraction of sp³-hybridized carbons (Fsp3) is 0.412. The number of amides is 2. The van der Waals surface area contributed by atoms with E-state index in [1.165, 1.54) is 0 Å². The van der Waals surface area contributed by atoms with Crippen LogP contribution in [0.5, 0.6) is 0 Å². The molecule has 0 radical (unpaired) electrons. The van der Waals surface area contributed by atoms with E-state index in [2.05, 4.69) is 20.4 Å². The number of nitrogens with one attached hydrogen (secondary N) is 1. The van der Waals surface area contributed by atoms with Gasteiger partial charge in [0.2, 0.25) is 0 Å². The van der Waals surface area contributed by atoms with Crippen molar-refractivity contribution in [1.29, 1.82) is 0 Å². The van der Waals surface area contributed by atoms with Crippen LogP contribution in [-0.2, 0) is 0 Å². The molecule has 1 saturated heterocycles. The maximum atomic E-state index is 12.3. The quantitative estimate of drug-likeness (QED) is 0.853. The summed E-state index contributed by atoms with van der Waals surface area (Å²) in [7, 11) is 0. The molecular weight excluding hydrogens is 322 g/mol. The molecule has 0 spiro atoms. The Hall–Kier alpha value is -2.74. The van der Waals surface area contributed by atoms with Gasteiger partial charge in [-0.25, -0.2) is 0 Å². The van der Waals surface area contributed by atoms with Crippen LogP contribution >= 0.6 is 0 Å². The maximum absolute atomic E-state index is 12.3. The van der Waals surface area contributed by atoms with E-state index in [0.29, 0.717) is 36.7 Å². The number of nitrogens with zero attached hydrogens (tertiary/aromatic N) is 4. The number of carbonyl (C=O) groups excluding carboxylic acids is 2. The Kier molecular flexibility index (Phi) is 5.39. The summed E-state index contributed by atoms with van der Waals surface area (Å²) in [6.45, 7) is 5.89. The van der Waals surface area contributed by atoms with Gasteiger partial charge in [-0.15, -0.1) is 0 Å². The van der Waals surface area contributed by atoms with Gasteiger partial charge in [0.15, 0.2) is 5.69 Å². The number of aryl methyl sites for hydroxylation is 1. The molecule has 0 unspecified atom stereocenters. The lowest BCUT2D eigenvalue weighted by atomic mass is 10.2. The highest BCUT2D eigenvalue weighted by molar-refractivity contribution is 5.93. The van der Waals surface area contributed by atoms with Crippen molar-refractivity contribution in [3.05, 3.63) is 47.6 Å². The van der Waals surface area contributed by atoms with E-state index in [1.54, 1.807) is 42.4 Å². The predicted octanol–water partition coefficient (Wildman–Crippen LogP) is 0.566. The van der Waals surface area contributed by atoms with Crippen LogP contribution in [0.2, 0.25) is 0 Å². The maximum Gasteiger partial charge on any atom is 0.276 e. The van der Waals surface area contributed by atoms with Crippen molar-refractivity contribution in [2.45, 2.75) is 6.92 Å². The van der Waals surface area contributed by atoms with Crippen LogP contribution in [0.25, 0.3) is 0 Å². The molecule has 1 aliphatic rings. The van der Waals surface area contributed by atoms with Gasteiger partial charge in [-0.3, -0.25) is 19.5 Å². The Labute approximate surface area is 145 Å². The van der Waals surface area contributed by atoms with Gasteiger partial charge in [0.05, 0.1) is 5.56 Å². The summed E-state index contributed by atoms with van der Waals surface area (Å²) in [6.07, 6.45) is 3.18. The number of hydrogen-bond acceptors (Lipinski definition) is 6. The lowest BCUT2D eigenvalue weighted by molar-refractivity contribution is 0.0628. The third kappa shape index (κ3) is 4.42. The van der Waals surface area contributed by atoms with E-state index in [9.17, 15) is 9.59 Å². The van der Waals surface area contributed by atoms with Crippen molar-refractivity contribution in [3.8, 4) is 0 Å². The lowest BCUT2D eigenvalue weighted by Crippen LogP contribution is -2.50. The minimum Gasteiger partial charge on any atom is -0.361 e. The minimum absolute atomic E-state index is 0.0959. The molecule has 1 aliphatic heterocycles. The molecule has 8 heteroatoms. The summed E-state index contributed by atoms with van der Waals surface area (Å²) in [4.78, 5) is 32.2. The molecule has 3 rings (SSSR count). The molecule has 0 bridgehead atoms. The number of pyridine rings is 1. The lowest BCUT2D eigenvalue weighted by Gasteiger charge is -2.34. The zero-order valence-corrected chi connectivity index (χ0v) is 14.1. The molecule has 25 heavy (non-hydrogen) atoms. The molecule has 0 aromatic carbocycles. The Balaban J connectivity index is 1.39. The zero-order chi connectivity index (χ0) is 17.6. The first-order valence-corrected chi connectivity index (χ1v) is 8.26. The van der Waals surface area contributed by atoms with Gasteiger partial charge < -0.3 is 14.7 Å². The third-order valence-electron chi connectivity index (χ3n) is 4.14. The molecule has 1 N–H and O–H groups in total. The van der Waals surface area contributed by atoms with Crippen LogP contribution in [0.15, 0.2) is 35.1 Å². The third-order valence-corrected chi connectivity index (χ3v) is 4.14. The van der Waals surface area contributed by atoms with Gasteiger partial charge in [-0.2, -0.15) is 0 Å². The van der Waals surface area contributed by atoms with E-state index >= 15 is 0 Å². The second-order valence-electron chi connectivity index (χ2n) is 5.95. The summed E-state index contributed by atoms with van der Waals surface area (Å²) in [5.74, 6) is 0.413. The number of carbonyl (C=O) groups is 2. The van der Waals surface area contributed by atoms with Crippen LogP contribution in [-0.4, -0.2) is 71.0 Å². The average molecular weight is 343 g/mol. The summed E-state index contributed by atoms with van der Waals surface area (Å²) < 4.78 is 4.96. The van der Waals surface area contributed by atoms with Crippen molar-refractivity contribution >= 4 is 11.8 Å². The number of aromatic nitrogens is 2. The van der Waals surface area contributed by atoms with Crippen LogP contribution in [0.3, 0.4) is 0 Å². The minimum atomic E-state index is -0.122. The average Bonchev–Trinajstić information content (AvgIpc) is 3.09. The molecule has 1 fully saturated rings. The first kappa shape index (κ1) is 17.1. The zero-order valence-electron chi connectivity index (χ0n) is 14.1. The van der Waals surface area contributed by atoms with Crippen molar-refractivity contribution in [2.75, 3.05) is 39.3 Å². The topological polar surface area (TPSA) is 91.6 Å². The van der Waals surface area contributed by atoms with Crippen molar-refractivity contribution in [3.63, 3.8) is 0 Å². The molecule has 8 nitrogen and oxygen atoms in total. The summed E-state index contributed by atoms with van der Waals surface area (Å²) in [6, 6.07) is 5.13. The predicted molar refractivity (Wildman–Crippen MR) is 90.2 cm³/mol. The van der Waals surface area contributed by atoms with Crippen LogP contribution in [0, 0.1) is 6.92 Å². The molecule has 3 heterocycles. The molecule has 2 aromatic rings. The molecule has 0 saturated carbocycles. The molecular formula is C17H21N5O3. The standard InChI is InChI=1S/C17H21N5O3/c1-13-11-15(20-25-13)17(24)22-9-7-21(8-10-22)6-5-19-16(23)14-3-2-4-18-12-14/h2-4,11-12H,5-10H2,1H3,(H,19,23). The van der Waals surface area contributed by atoms with Crippen molar-refractivity contribution < 1.29 is 14.1 Å². The number of rotatable bonds is 5. The van der Waals surface area contributed by atoms with Gasteiger partial charge in [-0.1, -0.05) is 5.16 Å². The summed E-state index contributed by atoms with van der Waals surface area (Å²) >= 11 is 0. The normalized spacial score (nSPS) is 15.2. The van der Waals surface area contributed by atoms with Crippen LogP contribution < -0.4 is 5.32 Å². The van der Waals surface area contributed by atoms with Crippen LogP contribution in [0.4, 0.5) is 0 Å². The van der Waals surface area contributed by atoms with E-state index in [4.69, 9.17) is 4.52 Å². The van der Waals surface area contributed by atoms with E-state index in [0.717, 1.165) is 19.6 Å². The van der Waals surface area contributed by atoms with Crippen LogP contribution in [0.1, 0.15) is 26.6 Å². The largest absolute Gasteiger partial charge is 0.361 e. The highest BCUT2D eigenvalue weighted by Crippen LogP contribution is 2.09. The van der Waals surface area contributed by atoms with Gasteiger partial charge >= 0.3 is 0 Å². The monoisotopic (exact) mass is 343 g/mol. The fourth-order valence-electron chi connectivity index (χ4n) is 2.73. The Morgan fingerprint density at radius 1 is 1.28 bits per heavy atom. The van der Waals surface area contributed by atoms with E-state index in [1.807, 2.05) is 0 Å². The smallest absolute Gasteiger partial charge is 0.276 e. The van der Waals surface area contributed by atoms with Gasteiger partial charge in [-0.05, 0) is 19.1 Å². The molecule has 132 valence electrons. The second-order valence-corrected chi connectivity index (χ2v) is 5.95. The molecule has 0 aliphatic carbocycles. The van der Waals surface area contributed by atoms with Crippen molar-refractivity contribution in [1.82, 2.24) is 25.3 Å². The highest BCUT2D eigenvalue weighted by Gasteiger charge is 2.24. The van der Waals surface area contributed by atoms with Gasteiger partial charge in [0.25, 0.3) is 11.8 Å². The van der Waals surface area contributed by atoms with E-state index in [-0.39, 0.29) is 11.8 Å². The Morgan fingerprint density at radius 3 is 2.72 bits per heavy atom. The molecule has 0 atom stereocenters. The second kappa shape index (κ2) is 7.89. The summed E-state index contributed by atoms with van der Waals surface area (Å²) in [5.41, 5.74) is 0.913. The fourth-order valence-corrected chi connectivity index (χ4v) is 2.73. The van der Waals surface area contributed by atoms with E-state index < -0.39 is 0 Å². The number of hydrogen-bond donors (Lipinski definition) is 1. The van der Waals surface area contributed by atoms with Gasteiger partial charge in [0, 0.05) is 57.7 Å². The molecule has 2 amide bonds. The number of piperazine rings is 1. The first-order valence-electron chi connectivity index (χ1n) is 8.26. The molecule has 2 aromatic heterocycles. The SMILES string of the molecule is Cc1cc(C(=O)N2CCN(CCNC(=O)c3cccnc3)CC2)no1. The Bertz CT molecular complexity index is 723. The first-order chi connectivity index (χ1) is 12.1. The highest BCUT2D eigenvalue weighted by atomic mass is 16.5. The summed E-state index contributed by atoms with van der Waals surface area (Å²) in [5, 5.41) is 6.66.